The lowest BCUT2D eigenvalue weighted by Gasteiger charge is -2.31. The van der Waals surface area contributed by atoms with Gasteiger partial charge in [-0.2, -0.15) is 0 Å². The van der Waals surface area contributed by atoms with E-state index in [2.05, 4.69) is 10.2 Å². The maximum absolute atomic E-state index is 13.2. The third-order valence-corrected chi connectivity index (χ3v) is 6.19. The number of piperazine rings is 1. The molecular weight excluding hydrogens is 344 g/mol. The summed E-state index contributed by atoms with van der Waals surface area (Å²) in [5.74, 6) is 0. The second-order valence-electron chi connectivity index (χ2n) is 5.98. The van der Waals surface area contributed by atoms with Crippen molar-refractivity contribution >= 4 is 27.9 Å². The quantitative estimate of drug-likeness (QED) is 0.907. The van der Waals surface area contributed by atoms with Gasteiger partial charge in [-0.25, -0.2) is 8.42 Å². The number of nitrogens with one attached hydrogen (secondary N) is 1. The molecule has 0 aliphatic carbocycles. The van der Waals surface area contributed by atoms with Gasteiger partial charge in [0.25, 0.3) is 0 Å². The van der Waals surface area contributed by atoms with E-state index in [1.165, 1.54) is 0 Å². The van der Waals surface area contributed by atoms with Gasteiger partial charge in [-0.1, -0.05) is 29.8 Å². The number of hydrogen-bond donors (Lipinski definition) is 1. The molecule has 1 N–H and O–H groups in total. The first kappa shape index (κ1) is 18.8. The summed E-state index contributed by atoms with van der Waals surface area (Å²) in [4.78, 5) is 2.94. The summed E-state index contributed by atoms with van der Waals surface area (Å²) in [5, 5.41) is 3.30. The van der Waals surface area contributed by atoms with E-state index in [9.17, 15) is 8.42 Å². The number of nitrogens with zero attached hydrogens (tertiary/aromatic N) is 1. The molecule has 0 amide bonds. The SMILES string of the molecule is Cc1ccc(S(=O)(=O)c2ccccc2N2CCNCC2)c(C)c1.Cl. The fourth-order valence-corrected chi connectivity index (χ4v) is 4.77. The fraction of sp³-hybridized carbons (Fsp3) is 0.333. The topological polar surface area (TPSA) is 49.4 Å². The predicted octanol–water partition coefficient (Wildman–Crippen LogP) is 2.97. The van der Waals surface area contributed by atoms with Crippen LogP contribution in [0.3, 0.4) is 0 Å². The first-order valence-electron chi connectivity index (χ1n) is 7.87. The van der Waals surface area contributed by atoms with E-state index in [0.29, 0.717) is 9.79 Å². The molecule has 0 unspecified atom stereocenters. The maximum Gasteiger partial charge on any atom is 0.208 e. The average Bonchev–Trinajstić information content (AvgIpc) is 2.55. The number of hydrogen-bond acceptors (Lipinski definition) is 4. The average molecular weight is 367 g/mol. The highest BCUT2D eigenvalue weighted by Gasteiger charge is 2.25. The zero-order chi connectivity index (χ0) is 16.4. The van der Waals surface area contributed by atoms with Gasteiger partial charge in [0.15, 0.2) is 0 Å². The van der Waals surface area contributed by atoms with E-state index in [4.69, 9.17) is 0 Å². The van der Waals surface area contributed by atoms with Crippen LogP contribution < -0.4 is 10.2 Å². The van der Waals surface area contributed by atoms with Crippen molar-refractivity contribution < 1.29 is 8.42 Å². The number of benzene rings is 2. The van der Waals surface area contributed by atoms with Crippen LogP contribution in [0.2, 0.25) is 0 Å². The second kappa shape index (κ2) is 7.55. The number of anilines is 1. The zero-order valence-corrected chi connectivity index (χ0v) is 15.6. The Morgan fingerprint density at radius 3 is 2.29 bits per heavy atom. The van der Waals surface area contributed by atoms with E-state index >= 15 is 0 Å². The molecule has 2 aromatic carbocycles. The Labute approximate surface area is 150 Å². The third-order valence-electron chi connectivity index (χ3n) is 4.23. The molecule has 1 saturated heterocycles. The monoisotopic (exact) mass is 366 g/mol. The molecular formula is C18H23ClN2O2S. The van der Waals surface area contributed by atoms with Gasteiger partial charge >= 0.3 is 0 Å². The number of sulfone groups is 1. The molecule has 1 aliphatic rings. The third kappa shape index (κ3) is 3.58. The fourth-order valence-electron chi connectivity index (χ4n) is 3.07. The van der Waals surface area contributed by atoms with E-state index < -0.39 is 9.84 Å². The van der Waals surface area contributed by atoms with Crippen LogP contribution >= 0.6 is 12.4 Å². The van der Waals surface area contributed by atoms with Gasteiger partial charge in [0.2, 0.25) is 9.84 Å². The van der Waals surface area contributed by atoms with Crippen molar-refractivity contribution in [1.29, 1.82) is 0 Å². The smallest absolute Gasteiger partial charge is 0.208 e. The van der Waals surface area contributed by atoms with Crippen LogP contribution in [-0.4, -0.2) is 34.6 Å². The van der Waals surface area contributed by atoms with Crippen molar-refractivity contribution in [3.63, 3.8) is 0 Å². The first-order chi connectivity index (χ1) is 11.0. The van der Waals surface area contributed by atoms with Crippen LogP contribution in [0.25, 0.3) is 0 Å². The van der Waals surface area contributed by atoms with Gasteiger partial charge in [0, 0.05) is 26.2 Å². The van der Waals surface area contributed by atoms with Gasteiger partial charge < -0.3 is 10.2 Å². The van der Waals surface area contributed by atoms with Gasteiger partial charge in [0.1, 0.15) is 0 Å². The van der Waals surface area contributed by atoms with E-state index in [1.807, 2.05) is 38.1 Å². The Morgan fingerprint density at radius 2 is 1.62 bits per heavy atom. The van der Waals surface area contributed by atoms with Crippen LogP contribution in [0.1, 0.15) is 11.1 Å². The molecule has 0 radical (unpaired) electrons. The van der Waals surface area contributed by atoms with Crippen molar-refractivity contribution in [3.05, 3.63) is 53.6 Å². The van der Waals surface area contributed by atoms with Gasteiger partial charge in [-0.15, -0.1) is 12.4 Å². The lowest BCUT2D eigenvalue weighted by molar-refractivity contribution is 0.579. The van der Waals surface area contributed by atoms with Gasteiger partial charge in [-0.3, -0.25) is 0 Å². The van der Waals surface area contributed by atoms with Crippen molar-refractivity contribution in [2.75, 3.05) is 31.1 Å². The largest absolute Gasteiger partial charge is 0.368 e. The number of halogens is 1. The van der Waals surface area contributed by atoms with Crippen molar-refractivity contribution in [1.82, 2.24) is 5.32 Å². The predicted molar refractivity (Wildman–Crippen MR) is 100 cm³/mol. The summed E-state index contributed by atoms with van der Waals surface area (Å²) in [6, 6.07) is 12.8. The summed E-state index contributed by atoms with van der Waals surface area (Å²) in [7, 11) is -3.53. The lowest BCUT2D eigenvalue weighted by Crippen LogP contribution is -2.44. The van der Waals surface area contributed by atoms with Crippen molar-refractivity contribution in [2.45, 2.75) is 23.6 Å². The molecule has 0 saturated carbocycles. The van der Waals surface area contributed by atoms with Crippen molar-refractivity contribution in [3.8, 4) is 0 Å². The van der Waals surface area contributed by atoms with Crippen LogP contribution in [0.15, 0.2) is 52.3 Å². The molecule has 4 nitrogen and oxygen atoms in total. The minimum Gasteiger partial charge on any atom is -0.368 e. The standard InChI is InChI=1S/C18H22N2O2S.ClH/c1-14-7-8-17(15(2)13-14)23(21,22)18-6-4-3-5-16(18)20-11-9-19-10-12-20;/h3-8,13,19H,9-12H2,1-2H3;1H. The van der Waals surface area contributed by atoms with Gasteiger partial charge in [0.05, 0.1) is 15.5 Å². The van der Waals surface area contributed by atoms with Crippen LogP contribution in [-0.2, 0) is 9.84 Å². The van der Waals surface area contributed by atoms with E-state index in [-0.39, 0.29) is 12.4 Å². The summed E-state index contributed by atoms with van der Waals surface area (Å²) in [6.07, 6.45) is 0. The molecule has 2 aromatic rings. The Bertz CT molecular complexity index is 816. The molecule has 0 atom stereocenters. The molecule has 1 fully saturated rings. The number of rotatable bonds is 3. The molecule has 3 rings (SSSR count). The molecule has 0 spiro atoms. The molecule has 0 bridgehead atoms. The van der Waals surface area contributed by atoms with Crippen LogP contribution in [0.5, 0.6) is 0 Å². The number of aryl methyl sites for hydroxylation is 2. The first-order valence-corrected chi connectivity index (χ1v) is 9.35. The normalized spacial score (nSPS) is 15.0. The Balaban J connectivity index is 0.00000208. The Hall–Kier alpha value is -1.56. The van der Waals surface area contributed by atoms with E-state index in [0.717, 1.165) is 43.0 Å². The van der Waals surface area contributed by atoms with Crippen LogP contribution in [0, 0.1) is 13.8 Å². The minimum absolute atomic E-state index is 0. The molecule has 6 heteroatoms. The highest BCUT2D eigenvalue weighted by Crippen LogP contribution is 2.32. The summed E-state index contributed by atoms with van der Waals surface area (Å²) in [5.41, 5.74) is 2.66. The minimum atomic E-state index is -3.53. The molecule has 1 heterocycles. The molecule has 24 heavy (non-hydrogen) atoms. The van der Waals surface area contributed by atoms with Crippen LogP contribution in [0.4, 0.5) is 5.69 Å². The molecule has 0 aromatic heterocycles. The number of para-hydroxylation sites is 1. The lowest BCUT2D eigenvalue weighted by atomic mass is 10.2. The maximum atomic E-state index is 13.2. The Morgan fingerprint density at radius 1 is 0.958 bits per heavy atom. The second-order valence-corrected chi connectivity index (χ2v) is 7.86. The summed E-state index contributed by atoms with van der Waals surface area (Å²) < 4.78 is 26.4. The zero-order valence-electron chi connectivity index (χ0n) is 14.0. The molecule has 1 aliphatic heterocycles. The van der Waals surface area contributed by atoms with Gasteiger partial charge in [-0.05, 0) is 37.6 Å². The Kier molecular flexibility index (Phi) is 5.91. The highest BCUT2D eigenvalue weighted by atomic mass is 35.5. The summed E-state index contributed by atoms with van der Waals surface area (Å²) >= 11 is 0. The molecule has 130 valence electrons. The summed E-state index contributed by atoms with van der Waals surface area (Å²) in [6.45, 7) is 7.21. The van der Waals surface area contributed by atoms with Crippen molar-refractivity contribution in [2.24, 2.45) is 0 Å². The highest BCUT2D eigenvalue weighted by molar-refractivity contribution is 7.91. The van der Waals surface area contributed by atoms with E-state index in [1.54, 1.807) is 18.2 Å².